The van der Waals surface area contributed by atoms with E-state index in [0.29, 0.717) is 0 Å². The Morgan fingerprint density at radius 2 is 2.09 bits per heavy atom. The molecule has 0 aliphatic carbocycles. The quantitative estimate of drug-likeness (QED) is 0.594. The number of nitrogens with zero attached hydrogens (tertiary/aromatic N) is 1. The minimum absolute atomic E-state index is 0.864. The number of benzene rings is 1. The van der Waals surface area contributed by atoms with Crippen molar-refractivity contribution in [1.29, 1.82) is 0 Å². The van der Waals surface area contributed by atoms with E-state index in [9.17, 15) is 5.11 Å². The van der Waals surface area contributed by atoms with Crippen LogP contribution in [0.15, 0.2) is 29.3 Å². The molecular formula is C9H9NO. The zero-order chi connectivity index (χ0) is 7.90. The maximum Gasteiger partial charge on any atom is 0.124 e. The summed E-state index contributed by atoms with van der Waals surface area (Å²) >= 11 is 0. The first-order valence-electron chi connectivity index (χ1n) is 3.57. The van der Waals surface area contributed by atoms with Gasteiger partial charge in [0.1, 0.15) is 5.60 Å². The van der Waals surface area contributed by atoms with Crippen molar-refractivity contribution in [2.24, 2.45) is 4.99 Å². The van der Waals surface area contributed by atoms with Crippen LogP contribution in [-0.2, 0) is 5.60 Å². The molecule has 2 rings (SSSR count). The normalized spacial score (nSPS) is 27.1. The lowest BCUT2D eigenvalue weighted by Crippen LogP contribution is -2.18. The molecule has 1 aliphatic heterocycles. The molecule has 11 heavy (non-hydrogen) atoms. The van der Waals surface area contributed by atoms with Crippen molar-refractivity contribution in [3.8, 4) is 0 Å². The van der Waals surface area contributed by atoms with E-state index in [2.05, 4.69) is 4.99 Å². The summed E-state index contributed by atoms with van der Waals surface area (Å²) in [6.45, 7) is 1.74. The zero-order valence-corrected chi connectivity index (χ0v) is 6.28. The molecule has 1 heterocycles. The number of aliphatic hydroxyl groups is 1. The van der Waals surface area contributed by atoms with Crippen LogP contribution >= 0.6 is 0 Å². The average Bonchev–Trinajstić information content (AvgIpc) is 2.29. The monoisotopic (exact) mass is 147 g/mol. The second-order valence-electron chi connectivity index (χ2n) is 2.92. The average molecular weight is 147 g/mol. The molecule has 1 unspecified atom stereocenters. The third-order valence-electron chi connectivity index (χ3n) is 1.90. The van der Waals surface area contributed by atoms with E-state index in [0.717, 1.165) is 11.3 Å². The van der Waals surface area contributed by atoms with Crippen molar-refractivity contribution >= 4 is 11.9 Å². The molecule has 56 valence electrons. The zero-order valence-electron chi connectivity index (χ0n) is 6.28. The van der Waals surface area contributed by atoms with Crippen molar-refractivity contribution in [2.45, 2.75) is 12.5 Å². The van der Waals surface area contributed by atoms with Gasteiger partial charge >= 0.3 is 0 Å². The molecule has 0 fully saturated rings. The van der Waals surface area contributed by atoms with E-state index in [4.69, 9.17) is 0 Å². The Labute approximate surface area is 65.2 Å². The Bertz CT molecular complexity index is 315. The van der Waals surface area contributed by atoms with E-state index < -0.39 is 5.60 Å². The molecule has 1 N–H and O–H groups in total. The lowest BCUT2D eigenvalue weighted by Gasteiger charge is -2.13. The SMILES string of the molecule is CC1(O)C=Nc2ccccc21. The molecular weight excluding hydrogens is 138 g/mol. The largest absolute Gasteiger partial charge is 0.380 e. The van der Waals surface area contributed by atoms with Crippen LogP contribution in [-0.4, -0.2) is 11.3 Å². The van der Waals surface area contributed by atoms with Gasteiger partial charge in [0.15, 0.2) is 0 Å². The Balaban J connectivity index is 2.64. The molecule has 2 heteroatoms. The van der Waals surface area contributed by atoms with Crippen molar-refractivity contribution < 1.29 is 5.11 Å². The third kappa shape index (κ3) is 0.870. The molecule has 0 saturated carbocycles. The predicted octanol–water partition coefficient (Wildman–Crippen LogP) is 1.61. The Kier molecular flexibility index (Phi) is 1.14. The van der Waals surface area contributed by atoms with Crippen molar-refractivity contribution in [1.82, 2.24) is 0 Å². The van der Waals surface area contributed by atoms with Crippen molar-refractivity contribution in [2.75, 3.05) is 0 Å². The summed E-state index contributed by atoms with van der Waals surface area (Å²) in [6, 6.07) is 7.61. The number of aliphatic imine (C=N–C) groups is 1. The molecule has 0 bridgehead atoms. The predicted molar refractivity (Wildman–Crippen MR) is 44.2 cm³/mol. The highest BCUT2D eigenvalue weighted by atomic mass is 16.3. The van der Waals surface area contributed by atoms with Gasteiger partial charge in [-0.05, 0) is 13.0 Å². The van der Waals surface area contributed by atoms with Crippen molar-refractivity contribution in [3.63, 3.8) is 0 Å². The molecule has 0 amide bonds. The van der Waals surface area contributed by atoms with Gasteiger partial charge in [0.2, 0.25) is 0 Å². The van der Waals surface area contributed by atoms with Gasteiger partial charge < -0.3 is 5.11 Å². The fourth-order valence-electron chi connectivity index (χ4n) is 1.28. The summed E-state index contributed by atoms with van der Waals surface area (Å²) in [4.78, 5) is 4.08. The van der Waals surface area contributed by atoms with Crippen LogP contribution in [0.1, 0.15) is 12.5 Å². The second-order valence-corrected chi connectivity index (χ2v) is 2.92. The maximum atomic E-state index is 9.70. The van der Waals surface area contributed by atoms with Crippen LogP contribution in [0.5, 0.6) is 0 Å². The number of para-hydroxylation sites is 1. The maximum absolute atomic E-state index is 9.70. The van der Waals surface area contributed by atoms with Crippen LogP contribution in [0.25, 0.3) is 0 Å². The lowest BCUT2D eigenvalue weighted by atomic mass is 9.99. The van der Waals surface area contributed by atoms with Gasteiger partial charge in [-0.15, -0.1) is 0 Å². The fraction of sp³-hybridized carbons (Fsp3) is 0.222. The minimum atomic E-state index is -0.864. The smallest absolute Gasteiger partial charge is 0.124 e. The number of fused-ring (bicyclic) bond motifs is 1. The summed E-state index contributed by atoms with van der Waals surface area (Å²) in [5, 5.41) is 9.70. The van der Waals surface area contributed by atoms with Crippen LogP contribution in [0, 0.1) is 0 Å². The molecule has 1 atom stereocenters. The Hall–Kier alpha value is -1.15. The van der Waals surface area contributed by atoms with Gasteiger partial charge in [-0.25, -0.2) is 0 Å². The third-order valence-corrected chi connectivity index (χ3v) is 1.90. The van der Waals surface area contributed by atoms with E-state index in [1.165, 1.54) is 0 Å². The van der Waals surface area contributed by atoms with Crippen LogP contribution in [0.2, 0.25) is 0 Å². The summed E-state index contributed by atoms with van der Waals surface area (Å²) in [5.74, 6) is 0. The van der Waals surface area contributed by atoms with Gasteiger partial charge in [-0.2, -0.15) is 0 Å². The highest BCUT2D eigenvalue weighted by molar-refractivity contribution is 5.82. The summed E-state index contributed by atoms with van der Waals surface area (Å²) in [6.07, 6.45) is 1.57. The molecule has 0 saturated heterocycles. The van der Waals surface area contributed by atoms with E-state index >= 15 is 0 Å². The van der Waals surface area contributed by atoms with Crippen LogP contribution < -0.4 is 0 Å². The molecule has 0 spiro atoms. The van der Waals surface area contributed by atoms with Crippen LogP contribution in [0.4, 0.5) is 5.69 Å². The van der Waals surface area contributed by atoms with E-state index in [1.54, 1.807) is 13.1 Å². The van der Waals surface area contributed by atoms with Gasteiger partial charge in [0.25, 0.3) is 0 Å². The molecule has 1 aromatic carbocycles. The lowest BCUT2D eigenvalue weighted by molar-refractivity contribution is 0.142. The topological polar surface area (TPSA) is 32.6 Å². The van der Waals surface area contributed by atoms with Gasteiger partial charge in [0, 0.05) is 11.8 Å². The number of hydrogen-bond donors (Lipinski definition) is 1. The van der Waals surface area contributed by atoms with Gasteiger partial charge in [-0.3, -0.25) is 4.99 Å². The van der Waals surface area contributed by atoms with E-state index in [-0.39, 0.29) is 0 Å². The highest BCUT2D eigenvalue weighted by Crippen LogP contribution is 2.33. The first-order valence-corrected chi connectivity index (χ1v) is 3.57. The fourth-order valence-corrected chi connectivity index (χ4v) is 1.28. The second kappa shape index (κ2) is 1.92. The number of rotatable bonds is 0. The summed E-state index contributed by atoms with van der Waals surface area (Å²) in [7, 11) is 0. The molecule has 0 radical (unpaired) electrons. The molecule has 0 aromatic heterocycles. The number of hydrogen-bond acceptors (Lipinski definition) is 2. The first kappa shape index (κ1) is 6.55. The first-order chi connectivity index (χ1) is 5.20. The Morgan fingerprint density at radius 1 is 1.36 bits per heavy atom. The van der Waals surface area contributed by atoms with Crippen molar-refractivity contribution in [3.05, 3.63) is 29.8 Å². The summed E-state index contributed by atoms with van der Waals surface area (Å²) in [5.41, 5.74) is 0.897. The van der Waals surface area contributed by atoms with Gasteiger partial charge in [0.05, 0.1) is 5.69 Å². The van der Waals surface area contributed by atoms with Crippen LogP contribution in [0.3, 0.4) is 0 Å². The standard InChI is InChI=1S/C9H9NO/c1-9(11)6-10-8-5-3-2-4-7(8)9/h2-6,11H,1H3. The van der Waals surface area contributed by atoms with E-state index in [1.807, 2.05) is 24.3 Å². The highest BCUT2D eigenvalue weighted by Gasteiger charge is 2.27. The molecule has 2 nitrogen and oxygen atoms in total. The Morgan fingerprint density at radius 3 is 2.82 bits per heavy atom. The molecule has 1 aliphatic rings. The summed E-state index contributed by atoms with van der Waals surface area (Å²) < 4.78 is 0. The minimum Gasteiger partial charge on any atom is -0.380 e. The van der Waals surface area contributed by atoms with Gasteiger partial charge in [-0.1, -0.05) is 18.2 Å². The molecule has 1 aromatic rings.